The van der Waals surface area contributed by atoms with Gasteiger partial charge in [-0.25, -0.2) is 40.8 Å². The number of halogens is 1. The van der Waals surface area contributed by atoms with Crippen LogP contribution in [0.25, 0.3) is 64.6 Å². The van der Waals surface area contributed by atoms with E-state index in [9.17, 15) is 92.3 Å². The Hall–Kier alpha value is -6.92. The number of nitrogens with two attached hydrogens (primary N) is 2. The van der Waals surface area contributed by atoms with Crippen LogP contribution in [0.2, 0.25) is 0 Å². The normalized spacial score (nSPS) is 10.9. The van der Waals surface area contributed by atoms with E-state index in [1.807, 2.05) is 19.1 Å². The van der Waals surface area contributed by atoms with Crippen molar-refractivity contribution < 1.29 is 297 Å². The molecule has 0 aromatic heterocycles. The van der Waals surface area contributed by atoms with E-state index < -0.39 is 93.5 Å². The molecule has 0 saturated heterocycles. The van der Waals surface area contributed by atoms with Crippen LogP contribution >= 0.6 is 40.0 Å². The van der Waals surface area contributed by atoms with E-state index in [1.54, 1.807) is 93.6 Å². The summed E-state index contributed by atoms with van der Waals surface area (Å²) in [6, 6.07) is 42.2. The molecule has 0 unspecified atom stereocenters. The Balaban J connectivity index is 0.000000464. The van der Waals surface area contributed by atoms with E-state index in [1.165, 1.54) is 66.7 Å². The van der Waals surface area contributed by atoms with Gasteiger partial charge in [0.25, 0.3) is 0 Å². The molecule has 6 amide bonds. The topological polar surface area (TPSA) is 638 Å². The molecule has 40 nitrogen and oxygen atoms in total. The Labute approximate surface area is 850 Å². The number of aliphatic carboxylic acids is 1. The second kappa shape index (κ2) is 52.4. The number of alkyl halides is 1. The number of rotatable bonds is 27. The zero-order valence-corrected chi connectivity index (χ0v) is 84.5. The number of ether oxygens (including phenoxy) is 4. The van der Waals surface area contributed by atoms with Gasteiger partial charge in [-0.3, -0.25) is 14.9 Å². The minimum Gasteiger partial charge on any atom is -0.870 e. The van der Waals surface area contributed by atoms with E-state index in [2.05, 4.69) is 79.9 Å². The molecule has 12 rings (SSSR count). The second-order valence-corrected chi connectivity index (χ2v) is 32.7. The second-order valence-electron chi connectivity index (χ2n) is 24.7. The molecule has 0 aliphatic heterocycles. The Kier molecular flexibility index (Phi) is 47.1. The van der Waals surface area contributed by atoms with Crippen molar-refractivity contribution in [3.05, 3.63) is 193 Å². The predicted molar refractivity (Wildman–Crippen MR) is 439 cm³/mol. The van der Waals surface area contributed by atoms with Gasteiger partial charge in [-0.2, -0.15) is 45.9 Å². The van der Waals surface area contributed by atoms with Gasteiger partial charge >= 0.3 is 204 Å². The van der Waals surface area contributed by atoms with E-state index in [4.69, 9.17) is 31.1 Å². The van der Waals surface area contributed by atoms with Crippen molar-refractivity contribution in [1.29, 1.82) is 0 Å². The zero-order chi connectivity index (χ0) is 88.3. The molecular formula is C75H66BrN8Na5O32S6. The average molecular weight is 1980 g/mol. The zero-order valence-electron chi connectivity index (χ0n) is 68.1. The summed E-state index contributed by atoms with van der Waals surface area (Å²) >= 11 is 4.30. The van der Waals surface area contributed by atoms with Crippen LogP contribution in [-0.2, 0) is 91.6 Å². The van der Waals surface area contributed by atoms with Gasteiger partial charge in [-0.15, -0.1) is 0 Å². The fraction of sp³-hybridized carbons (Fsp3) is 0.120. The first kappa shape index (κ1) is 114. The maximum absolute atomic E-state index is 12.8. The van der Waals surface area contributed by atoms with Gasteiger partial charge < -0.3 is 91.3 Å². The molecule has 0 fully saturated rings. The van der Waals surface area contributed by atoms with Crippen molar-refractivity contribution in [2.75, 3.05) is 63.7 Å². The summed E-state index contributed by atoms with van der Waals surface area (Å²) in [5, 5.41) is 77.8. The van der Waals surface area contributed by atoms with Crippen molar-refractivity contribution in [1.82, 2.24) is 0 Å². The third-order valence-corrected chi connectivity index (χ3v) is 21.9. The van der Waals surface area contributed by atoms with E-state index in [-0.39, 0.29) is 226 Å². The molecule has 646 valence electrons. The van der Waals surface area contributed by atoms with Gasteiger partial charge in [0.05, 0.1) is 56.9 Å². The van der Waals surface area contributed by atoms with Gasteiger partial charge in [0.1, 0.15) is 48.6 Å². The number of fused-ring (bicyclic) bond motifs is 6. The number of carboxylic acid groups (broad SMARTS) is 1. The van der Waals surface area contributed by atoms with E-state index in [0.717, 1.165) is 64.1 Å². The fourth-order valence-electron chi connectivity index (χ4n) is 11.5. The summed E-state index contributed by atoms with van der Waals surface area (Å²) in [4.78, 5) is 70.1. The molecule has 12 aromatic rings. The van der Waals surface area contributed by atoms with Gasteiger partial charge in [0.15, 0.2) is 13.2 Å². The standard InChI is InChI=1S/C26H26N4O10S2.C24H20N2O10S2.C21H16N2O9S2.C4H7BrO2.5Na.H2O/c1-3-37-25(31)14-38-24-13-21(42(35,36)40-28)12-17-10-19(5-7-23(17)24)30-26(32)29-18-4-6-22-15(2)8-20(11-16(22)9-18)41(33,34)39-27;1-13-6-18(37-36-35-30)9-14-7-16(2-4-20(13)14)25-24(29)26-17-3-5-21-15(8-17)10-19(38(31,32)33)11-22(21)34-12-23(27)28;24-19-9-15(33-32-31-27)7-11-5-13(1-3-17(11)19)22-21(26)23-14-2-4-18-12(6-14)8-16(10-20(18)25)34(28,29)30;1-2-7-4(6)3-5;;;;;;/h4-13H,3,14,27-28H2,1-2H3,(H2,29,30,32);2-11,30H,12H2,1H3,(H,27,28)(H2,25,26,29)(H,31,32,33);1-10,24-25,27H,(H2,22,23,26)(H,28,29,30);2-3H2,1H3;;;;;;1H2/q;;;;5*+1;/p-5. The van der Waals surface area contributed by atoms with Crippen molar-refractivity contribution in [2.45, 2.75) is 57.1 Å². The van der Waals surface area contributed by atoms with E-state index in [0.29, 0.717) is 94.1 Å². The third-order valence-electron chi connectivity index (χ3n) is 16.5. The molecule has 0 atom stereocenters. The number of urea groups is 3. The number of anilines is 6. The first-order valence-electron chi connectivity index (χ1n) is 34.2. The van der Waals surface area contributed by atoms with Crippen molar-refractivity contribution in [3.63, 3.8) is 0 Å². The number of nitrogens with one attached hydrogen (secondary N) is 6. The summed E-state index contributed by atoms with van der Waals surface area (Å²) in [6.07, 6.45) is 0. The maximum Gasteiger partial charge on any atom is 1.00 e. The van der Waals surface area contributed by atoms with Gasteiger partial charge in [-0.05, 0) is 246 Å². The van der Waals surface area contributed by atoms with Crippen LogP contribution in [0.3, 0.4) is 0 Å². The summed E-state index contributed by atoms with van der Waals surface area (Å²) in [7, 11) is -18.1. The van der Waals surface area contributed by atoms with Crippen LogP contribution in [0.15, 0.2) is 211 Å². The molecule has 52 heteroatoms. The van der Waals surface area contributed by atoms with Crippen molar-refractivity contribution >= 4 is 215 Å². The van der Waals surface area contributed by atoms with Gasteiger partial charge in [-0.1, -0.05) is 28.1 Å². The molecule has 127 heavy (non-hydrogen) atoms. The van der Waals surface area contributed by atoms with Crippen LogP contribution in [0.4, 0.5) is 48.5 Å². The fourth-order valence-corrected chi connectivity index (χ4v) is 15.0. The molecule has 14 N–H and O–H groups in total. The number of aromatic hydroxyl groups is 2. The Bertz CT molecular complexity index is 6510. The van der Waals surface area contributed by atoms with Crippen LogP contribution in [0.5, 0.6) is 23.0 Å². The minimum absolute atomic E-state index is 0. The number of hydrogen-bond donors (Lipinski definition) is 11. The largest absolute Gasteiger partial charge is 1.00 e. The number of amides is 6. The maximum atomic E-state index is 12.8. The number of carbonyl (C=O) groups excluding carboxylic acids is 5. The van der Waals surface area contributed by atoms with Gasteiger partial charge in [0.2, 0.25) is 0 Å². The van der Waals surface area contributed by atoms with Crippen molar-refractivity contribution in [3.8, 4) is 23.0 Å². The quantitative estimate of drug-likeness (QED) is 0.00440. The Morgan fingerprint density at radius 3 is 1.06 bits per heavy atom. The van der Waals surface area contributed by atoms with Crippen LogP contribution < -0.4 is 211 Å². The van der Waals surface area contributed by atoms with Crippen LogP contribution in [-0.4, -0.2) is 131 Å². The third kappa shape index (κ3) is 32.8. The molecular weight excluding hydrogens is 1910 g/mol. The summed E-state index contributed by atoms with van der Waals surface area (Å²) in [5.41, 5.74) is 3.59. The SMILES string of the molecule is CCOC(=O)CBr.CCOC(=O)COc1cc(S(=O)(=O)ON)cc2cc(NC(=O)Nc3ccc4c(C)cc(S(=O)(=O)ON)cc4c3)ccc12.Cc1cc(SOO[O-])cc2cc(NC(=O)Nc3ccc4c(OCC(=O)O)cc(S(=O)(=O)[O-])cc4c3)ccc12.O=C(Nc1ccc2c(O)cc(SOO[O-])cc2c1)Nc1ccc2c(O)cc(S(=O)(=O)[O-])cc2c1.[Na+].[Na+].[Na+].[Na+].[Na+].[OH-]. The van der Waals surface area contributed by atoms with Crippen LogP contribution in [0.1, 0.15) is 25.0 Å². The number of esters is 2. The van der Waals surface area contributed by atoms with Crippen LogP contribution in [0, 0.1) is 13.8 Å². The molecule has 0 radical (unpaired) electrons. The molecule has 0 aliphatic rings. The monoisotopic (exact) mass is 1980 g/mol. The number of benzene rings is 12. The smallest absolute Gasteiger partial charge is 0.870 e. The Morgan fingerprint density at radius 2 is 0.701 bits per heavy atom. The summed E-state index contributed by atoms with van der Waals surface area (Å²) < 4.78 is 154. The molecule has 0 heterocycles. The molecule has 0 spiro atoms. The minimum atomic E-state index is -4.87. The number of phenols is 2. The van der Waals surface area contributed by atoms with Gasteiger partial charge in [0, 0.05) is 71.5 Å². The first-order chi connectivity index (χ1) is 57.3. The van der Waals surface area contributed by atoms with E-state index >= 15 is 0 Å². The number of carboxylic acids is 1. The molecule has 12 aromatic carbocycles. The number of aryl methyl sites for hydroxylation is 2. The molecule has 0 aliphatic carbocycles. The Morgan fingerprint density at radius 1 is 0.402 bits per heavy atom. The summed E-state index contributed by atoms with van der Waals surface area (Å²) in [6.45, 7) is 6.39. The van der Waals surface area contributed by atoms with Crippen molar-refractivity contribution in [2.24, 2.45) is 11.8 Å². The summed E-state index contributed by atoms with van der Waals surface area (Å²) in [5.74, 6) is 7.18. The number of hydrogen-bond acceptors (Lipinski definition) is 35. The number of carbonyl (C=O) groups is 6. The number of phenolic OH excluding ortho intramolecular Hbond substituents is 2. The average Bonchev–Trinajstić information content (AvgIpc) is 0.795. The first-order valence-corrected chi connectivity index (χ1v) is 42.4. The molecule has 0 bridgehead atoms. The molecule has 0 saturated carbocycles. The predicted octanol–water partition coefficient (Wildman–Crippen LogP) is -4.44.